The predicted molar refractivity (Wildman–Crippen MR) is 84.2 cm³/mol. The van der Waals surface area contributed by atoms with Gasteiger partial charge in [0, 0.05) is 5.56 Å². The van der Waals surface area contributed by atoms with Crippen LogP contribution >= 0.6 is 7.60 Å². The van der Waals surface area contributed by atoms with Crippen LogP contribution < -0.4 is 0 Å². The summed E-state index contributed by atoms with van der Waals surface area (Å²) in [5.41, 5.74) is -0.00571. The van der Waals surface area contributed by atoms with E-state index < -0.39 is 13.0 Å². The van der Waals surface area contributed by atoms with Crippen LogP contribution in [0.25, 0.3) is 0 Å². The molecule has 0 bridgehead atoms. The van der Waals surface area contributed by atoms with Gasteiger partial charge in [-0.2, -0.15) is 5.26 Å². The van der Waals surface area contributed by atoms with Crippen LogP contribution in [-0.2, 0) is 19.0 Å². The minimum Gasteiger partial charge on any atom is -0.305 e. The molecular formula is C16H23FNO3P. The van der Waals surface area contributed by atoms with Gasteiger partial charge in [-0.3, -0.25) is 4.57 Å². The third-order valence-electron chi connectivity index (χ3n) is 3.20. The first kappa shape index (κ1) is 18.8. The van der Waals surface area contributed by atoms with E-state index in [9.17, 15) is 9.83 Å². The van der Waals surface area contributed by atoms with Gasteiger partial charge < -0.3 is 9.05 Å². The van der Waals surface area contributed by atoms with Crippen LogP contribution in [0.4, 0.5) is 4.39 Å². The van der Waals surface area contributed by atoms with Crippen molar-refractivity contribution in [3.63, 3.8) is 0 Å². The Hall–Kier alpha value is -1.21. The molecule has 0 spiro atoms. The molecule has 1 unspecified atom stereocenters. The normalized spacial score (nSPS) is 14.3. The topological polar surface area (TPSA) is 59.3 Å². The molecule has 0 saturated heterocycles. The molecule has 1 rings (SSSR count). The molecule has 0 aliphatic carbocycles. The lowest BCUT2D eigenvalue weighted by Crippen LogP contribution is -2.22. The minimum absolute atomic E-state index is 0.00571. The molecule has 1 aromatic rings. The number of hydrogen-bond acceptors (Lipinski definition) is 4. The van der Waals surface area contributed by atoms with Crippen molar-refractivity contribution >= 4 is 7.60 Å². The number of benzene rings is 1. The second-order valence-electron chi connectivity index (χ2n) is 4.97. The van der Waals surface area contributed by atoms with Crippen molar-refractivity contribution in [2.24, 2.45) is 0 Å². The van der Waals surface area contributed by atoms with Gasteiger partial charge in [0.25, 0.3) is 0 Å². The lowest BCUT2D eigenvalue weighted by atomic mass is 10.1. The van der Waals surface area contributed by atoms with Crippen molar-refractivity contribution in [2.45, 2.75) is 44.9 Å². The van der Waals surface area contributed by atoms with E-state index in [1.54, 1.807) is 18.2 Å². The fraction of sp³-hybridized carbons (Fsp3) is 0.562. The molecule has 22 heavy (non-hydrogen) atoms. The molecule has 122 valence electrons. The molecule has 0 aliphatic heterocycles. The Morgan fingerprint density at radius 3 is 2.05 bits per heavy atom. The summed E-state index contributed by atoms with van der Waals surface area (Å²) in [7, 11) is -4.25. The number of rotatable bonds is 10. The summed E-state index contributed by atoms with van der Waals surface area (Å²) < 4.78 is 38.8. The minimum atomic E-state index is -4.25. The average Bonchev–Trinajstić information content (AvgIpc) is 2.55. The summed E-state index contributed by atoms with van der Waals surface area (Å²) in [6.07, 6.45) is 2.87. The highest BCUT2D eigenvalue weighted by Gasteiger charge is 2.54. The number of unbranched alkanes of at least 4 members (excludes halogenated alkanes) is 2. The molecule has 0 amide bonds. The van der Waals surface area contributed by atoms with Crippen molar-refractivity contribution in [3.8, 4) is 6.07 Å². The molecule has 0 saturated carbocycles. The maximum Gasteiger partial charge on any atom is 0.386 e. The zero-order chi connectivity index (χ0) is 16.5. The number of halogens is 1. The first-order valence-electron chi connectivity index (χ1n) is 7.59. The van der Waals surface area contributed by atoms with Crippen molar-refractivity contribution in [1.82, 2.24) is 0 Å². The summed E-state index contributed by atoms with van der Waals surface area (Å²) in [6, 6.07) is 9.22. The van der Waals surface area contributed by atoms with Gasteiger partial charge in [0.05, 0.1) is 13.2 Å². The third kappa shape index (κ3) is 4.39. The molecule has 4 nitrogen and oxygen atoms in total. The van der Waals surface area contributed by atoms with Crippen LogP contribution in [0.2, 0.25) is 0 Å². The molecule has 1 atom stereocenters. The van der Waals surface area contributed by atoms with Gasteiger partial charge in [-0.1, -0.05) is 57.0 Å². The van der Waals surface area contributed by atoms with Gasteiger partial charge in [0.2, 0.25) is 0 Å². The number of hydrogen-bond donors (Lipinski definition) is 0. The van der Waals surface area contributed by atoms with Gasteiger partial charge in [0.1, 0.15) is 6.07 Å². The molecular weight excluding hydrogens is 304 g/mol. The fourth-order valence-electron chi connectivity index (χ4n) is 1.82. The maximum absolute atomic E-state index is 15.3. The third-order valence-corrected chi connectivity index (χ3v) is 5.36. The van der Waals surface area contributed by atoms with Crippen molar-refractivity contribution in [2.75, 3.05) is 13.2 Å². The Bertz CT molecular complexity index is 518. The molecule has 0 radical (unpaired) electrons. The smallest absolute Gasteiger partial charge is 0.305 e. The van der Waals surface area contributed by atoms with E-state index in [-0.39, 0.29) is 18.8 Å². The maximum atomic E-state index is 15.3. The van der Waals surface area contributed by atoms with E-state index in [4.69, 9.17) is 9.05 Å². The molecule has 0 fully saturated rings. The second kappa shape index (κ2) is 9.05. The average molecular weight is 327 g/mol. The summed E-state index contributed by atoms with van der Waals surface area (Å²) in [6.45, 7) is 4.08. The van der Waals surface area contributed by atoms with Crippen LogP contribution in [-0.4, -0.2) is 13.2 Å². The monoisotopic (exact) mass is 327 g/mol. The van der Waals surface area contributed by atoms with Crippen LogP contribution in [0, 0.1) is 11.3 Å². The predicted octanol–water partition coefficient (Wildman–Crippen LogP) is 5.16. The quantitative estimate of drug-likeness (QED) is 0.440. The number of nitriles is 1. The Balaban J connectivity index is 3.10. The summed E-state index contributed by atoms with van der Waals surface area (Å²) >= 11 is 0. The fourth-order valence-corrected chi connectivity index (χ4v) is 3.57. The Morgan fingerprint density at radius 2 is 1.64 bits per heavy atom. The highest BCUT2D eigenvalue weighted by molar-refractivity contribution is 7.55. The first-order chi connectivity index (χ1) is 10.5. The van der Waals surface area contributed by atoms with Crippen LogP contribution in [0.3, 0.4) is 0 Å². The summed E-state index contributed by atoms with van der Waals surface area (Å²) in [5, 5.41) is 6.53. The van der Waals surface area contributed by atoms with E-state index in [0.29, 0.717) is 12.8 Å². The molecule has 6 heteroatoms. The highest BCUT2D eigenvalue weighted by Crippen LogP contribution is 2.65. The SMILES string of the molecule is CCCCOP(=O)(OCCCC)C(F)(C#N)c1ccccc1. The molecule has 1 aromatic carbocycles. The van der Waals surface area contributed by atoms with Gasteiger partial charge in [0.15, 0.2) is 0 Å². The van der Waals surface area contributed by atoms with E-state index in [1.807, 2.05) is 13.8 Å². The summed E-state index contributed by atoms with van der Waals surface area (Å²) in [5.74, 6) is 0. The first-order valence-corrected chi connectivity index (χ1v) is 9.13. The van der Waals surface area contributed by atoms with Crippen LogP contribution in [0.15, 0.2) is 30.3 Å². The lowest BCUT2D eigenvalue weighted by molar-refractivity contribution is 0.154. The number of alkyl halides is 1. The zero-order valence-corrected chi connectivity index (χ0v) is 14.0. The van der Waals surface area contributed by atoms with Gasteiger partial charge in [-0.05, 0) is 12.8 Å². The van der Waals surface area contributed by atoms with Crippen molar-refractivity contribution in [1.29, 1.82) is 5.26 Å². The standard InChI is InChI=1S/C16H23FNO3P/c1-3-5-12-20-22(19,21-13-6-4-2)16(17,14-18)15-10-8-7-9-11-15/h7-11H,3-6,12-13H2,1-2H3. The molecule has 0 aromatic heterocycles. The Kier molecular flexibility index (Phi) is 7.75. The molecule has 0 N–H and O–H groups in total. The van der Waals surface area contributed by atoms with Crippen molar-refractivity contribution < 1.29 is 18.0 Å². The van der Waals surface area contributed by atoms with Gasteiger partial charge in [-0.15, -0.1) is 0 Å². The van der Waals surface area contributed by atoms with E-state index in [0.717, 1.165) is 12.8 Å². The zero-order valence-electron chi connectivity index (χ0n) is 13.1. The van der Waals surface area contributed by atoms with Gasteiger partial charge >= 0.3 is 13.0 Å². The molecule has 0 heterocycles. The van der Waals surface area contributed by atoms with E-state index >= 15 is 4.39 Å². The second-order valence-corrected chi connectivity index (χ2v) is 7.10. The van der Waals surface area contributed by atoms with E-state index in [2.05, 4.69) is 0 Å². The molecule has 0 aliphatic rings. The Labute approximate surface area is 131 Å². The van der Waals surface area contributed by atoms with Gasteiger partial charge in [-0.25, -0.2) is 4.39 Å². The largest absolute Gasteiger partial charge is 0.386 e. The number of nitrogens with zero attached hydrogens (tertiary/aromatic N) is 1. The highest BCUT2D eigenvalue weighted by atomic mass is 31.2. The van der Waals surface area contributed by atoms with Crippen molar-refractivity contribution in [3.05, 3.63) is 35.9 Å². The summed E-state index contributed by atoms with van der Waals surface area (Å²) in [4.78, 5) is 0. The van der Waals surface area contributed by atoms with E-state index in [1.165, 1.54) is 18.2 Å². The lowest BCUT2D eigenvalue weighted by Gasteiger charge is -2.27. The Morgan fingerprint density at radius 1 is 1.14 bits per heavy atom. The van der Waals surface area contributed by atoms with Crippen LogP contribution in [0.5, 0.6) is 0 Å². The van der Waals surface area contributed by atoms with Crippen LogP contribution in [0.1, 0.15) is 45.1 Å².